The molecule has 0 aromatic carbocycles. The van der Waals surface area contributed by atoms with Crippen LogP contribution < -0.4 is 5.32 Å². The summed E-state index contributed by atoms with van der Waals surface area (Å²) in [6.45, 7) is 4.24. The maximum absolute atomic E-state index is 12.3. The fourth-order valence-electron chi connectivity index (χ4n) is 2.74. The largest absolute Gasteiger partial charge is 0.317 e. The fourth-order valence-corrected chi connectivity index (χ4v) is 2.74. The molecule has 0 unspecified atom stereocenters. The van der Waals surface area contributed by atoms with Crippen molar-refractivity contribution in [2.45, 2.75) is 51.9 Å². The summed E-state index contributed by atoms with van der Waals surface area (Å²) in [6, 6.07) is 0. The molecule has 1 saturated heterocycles. The molecule has 1 N–H and O–H groups in total. The van der Waals surface area contributed by atoms with E-state index in [2.05, 4.69) is 12.2 Å². The summed E-state index contributed by atoms with van der Waals surface area (Å²) in [5, 5.41) is 3.35. The third kappa shape index (κ3) is 2.60. The highest BCUT2D eigenvalue weighted by atomic mass is 16.1. The van der Waals surface area contributed by atoms with Crippen LogP contribution in [-0.4, -0.2) is 18.9 Å². The minimum absolute atomic E-state index is 0.0418. The van der Waals surface area contributed by atoms with Crippen LogP contribution in [0.5, 0.6) is 0 Å². The smallest absolute Gasteiger partial charge is 0.139 e. The van der Waals surface area contributed by atoms with E-state index in [1.165, 1.54) is 12.8 Å². The Bertz CT molecular complexity index is 227. The van der Waals surface area contributed by atoms with E-state index >= 15 is 0 Å². The van der Waals surface area contributed by atoms with Crippen molar-refractivity contribution < 1.29 is 4.79 Å². The van der Waals surface area contributed by atoms with E-state index in [0.29, 0.717) is 5.78 Å². The summed E-state index contributed by atoms with van der Waals surface area (Å²) in [5.41, 5.74) is 0.0418. The van der Waals surface area contributed by atoms with Crippen LogP contribution in [0, 0.1) is 11.3 Å². The molecule has 0 atom stereocenters. The highest BCUT2D eigenvalue weighted by Gasteiger charge is 2.37. The van der Waals surface area contributed by atoms with Gasteiger partial charge in [0.25, 0.3) is 0 Å². The number of nitrogens with one attached hydrogen (secondary N) is 1. The Morgan fingerprint density at radius 1 is 1.33 bits per heavy atom. The summed E-state index contributed by atoms with van der Waals surface area (Å²) in [7, 11) is 0. The molecule has 0 aromatic heterocycles. The summed E-state index contributed by atoms with van der Waals surface area (Å²) in [4.78, 5) is 12.3. The van der Waals surface area contributed by atoms with Crippen LogP contribution in [0.4, 0.5) is 0 Å². The maximum Gasteiger partial charge on any atom is 0.139 e. The number of hydrogen-bond acceptors (Lipinski definition) is 2. The van der Waals surface area contributed by atoms with Gasteiger partial charge >= 0.3 is 0 Å². The van der Waals surface area contributed by atoms with E-state index in [-0.39, 0.29) is 5.41 Å². The van der Waals surface area contributed by atoms with Crippen molar-refractivity contribution >= 4 is 5.78 Å². The van der Waals surface area contributed by atoms with Gasteiger partial charge in [0.15, 0.2) is 0 Å². The Labute approximate surface area is 92.8 Å². The predicted molar refractivity (Wildman–Crippen MR) is 61.8 cm³/mol. The highest BCUT2D eigenvalue weighted by molar-refractivity contribution is 5.84. The molecule has 0 amide bonds. The van der Waals surface area contributed by atoms with E-state index in [4.69, 9.17) is 0 Å². The number of piperidine rings is 1. The van der Waals surface area contributed by atoms with Crippen LogP contribution >= 0.6 is 0 Å². The third-order valence-corrected chi connectivity index (χ3v) is 4.31. The Hall–Kier alpha value is -0.370. The molecular formula is C13H23NO. The first-order valence-corrected chi connectivity index (χ1v) is 6.51. The average molecular weight is 209 g/mol. The highest BCUT2D eigenvalue weighted by Crippen LogP contribution is 2.38. The first kappa shape index (κ1) is 11.1. The normalized spacial score (nSPS) is 25.1. The van der Waals surface area contributed by atoms with Gasteiger partial charge in [0.2, 0.25) is 0 Å². The molecule has 1 heterocycles. The first-order chi connectivity index (χ1) is 7.27. The zero-order chi connectivity index (χ0) is 10.7. The molecule has 0 radical (unpaired) electrons. The minimum atomic E-state index is 0.0418. The van der Waals surface area contributed by atoms with E-state index < -0.39 is 0 Å². The summed E-state index contributed by atoms with van der Waals surface area (Å²) >= 11 is 0. The second kappa shape index (κ2) is 4.65. The van der Waals surface area contributed by atoms with Crippen molar-refractivity contribution in [3.8, 4) is 0 Å². The molecule has 2 heteroatoms. The van der Waals surface area contributed by atoms with Crippen LogP contribution in [-0.2, 0) is 4.79 Å². The molecule has 2 fully saturated rings. The maximum atomic E-state index is 12.3. The average Bonchev–Trinajstić information content (AvgIpc) is 3.10. The minimum Gasteiger partial charge on any atom is -0.317 e. The molecule has 2 rings (SSSR count). The van der Waals surface area contributed by atoms with Gasteiger partial charge in [-0.05, 0) is 44.7 Å². The van der Waals surface area contributed by atoms with E-state index in [1.807, 2.05) is 0 Å². The Kier molecular flexibility index (Phi) is 3.45. The lowest BCUT2D eigenvalue weighted by Crippen LogP contribution is -2.41. The molecule has 15 heavy (non-hydrogen) atoms. The Morgan fingerprint density at radius 2 is 2.00 bits per heavy atom. The predicted octanol–water partition coefficient (Wildman–Crippen LogP) is 2.53. The van der Waals surface area contributed by atoms with Crippen molar-refractivity contribution in [1.82, 2.24) is 5.32 Å². The van der Waals surface area contributed by atoms with Crippen molar-refractivity contribution in [2.24, 2.45) is 11.3 Å². The zero-order valence-corrected chi connectivity index (χ0v) is 9.85. The topological polar surface area (TPSA) is 29.1 Å². The molecule has 0 spiro atoms. The SMILES string of the molecule is CCC1(C(=O)CCC2CC2)CCNCC1. The number of rotatable bonds is 5. The standard InChI is InChI=1S/C13H23NO/c1-2-13(7-9-14-10-8-13)12(15)6-5-11-3-4-11/h11,14H,2-10H2,1H3. The summed E-state index contributed by atoms with van der Waals surface area (Å²) in [6.07, 6.45) is 7.91. The Balaban J connectivity index is 1.87. The van der Waals surface area contributed by atoms with Crippen LogP contribution in [0.1, 0.15) is 51.9 Å². The lowest BCUT2D eigenvalue weighted by atomic mass is 9.72. The van der Waals surface area contributed by atoms with Crippen LogP contribution in [0.25, 0.3) is 0 Å². The van der Waals surface area contributed by atoms with E-state index in [1.54, 1.807) is 0 Å². The molecule has 2 aliphatic rings. The quantitative estimate of drug-likeness (QED) is 0.754. The van der Waals surface area contributed by atoms with E-state index in [0.717, 1.165) is 51.1 Å². The van der Waals surface area contributed by atoms with Crippen molar-refractivity contribution in [3.05, 3.63) is 0 Å². The van der Waals surface area contributed by atoms with Gasteiger partial charge in [-0.1, -0.05) is 19.8 Å². The van der Waals surface area contributed by atoms with Gasteiger partial charge in [-0.15, -0.1) is 0 Å². The number of hydrogen-bond donors (Lipinski definition) is 1. The third-order valence-electron chi connectivity index (χ3n) is 4.31. The second-order valence-electron chi connectivity index (χ2n) is 5.29. The van der Waals surface area contributed by atoms with Gasteiger partial charge in [0, 0.05) is 11.8 Å². The molecular weight excluding hydrogens is 186 g/mol. The monoisotopic (exact) mass is 209 g/mol. The van der Waals surface area contributed by atoms with Gasteiger partial charge < -0.3 is 5.32 Å². The van der Waals surface area contributed by atoms with Crippen LogP contribution in [0.3, 0.4) is 0 Å². The van der Waals surface area contributed by atoms with Gasteiger partial charge in [-0.2, -0.15) is 0 Å². The van der Waals surface area contributed by atoms with Crippen LogP contribution in [0.15, 0.2) is 0 Å². The van der Waals surface area contributed by atoms with Gasteiger partial charge in [0.05, 0.1) is 0 Å². The zero-order valence-electron chi connectivity index (χ0n) is 9.85. The van der Waals surface area contributed by atoms with Crippen molar-refractivity contribution in [3.63, 3.8) is 0 Å². The fraction of sp³-hybridized carbons (Fsp3) is 0.923. The molecule has 1 aliphatic carbocycles. The Morgan fingerprint density at radius 3 is 2.53 bits per heavy atom. The van der Waals surface area contributed by atoms with Gasteiger partial charge in [-0.3, -0.25) is 4.79 Å². The van der Waals surface area contributed by atoms with Gasteiger partial charge in [0.1, 0.15) is 5.78 Å². The molecule has 0 bridgehead atoms. The summed E-state index contributed by atoms with van der Waals surface area (Å²) in [5.74, 6) is 1.45. The van der Waals surface area contributed by atoms with Gasteiger partial charge in [-0.25, -0.2) is 0 Å². The second-order valence-corrected chi connectivity index (χ2v) is 5.29. The number of Topliss-reactive ketones (excluding diaryl/α,β-unsaturated/α-hetero) is 1. The number of carbonyl (C=O) groups is 1. The van der Waals surface area contributed by atoms with Crippen molar-refractivity contribution in [2.75, 3.05) is 13.1 Å². The molecule has 86 valence electrons. The number of ketones is 1. The first-order valence-electron chi connectivity index (χ1n) is 6.51. The van der Waals surface area contributed by atoms with Crippen molar-refractivity contribution in [1.29, 1.82) is 0 Å². The lowest BCUT2D eigenvalue weighted by molar-refractivity contribution is -0.130. The summed E-state index contributed by atoms with van der Waals surface area (Å²) < 4.78 is 0. The molecule has 1 aliphatic heterocycles. The van der Waals surface area contributed by atoms with E-state index in [9.17, 15) is 4.79 Å². The molecule has 0 aromatic rings. The molecule has 2 nitrogen and oxygen atoms in total. The van der Waals surface area contributed by atoms with Crippen LogP contribution in [0.2, 0.25) is 0 Å². The number of carbonyl (C=O) groups excluding carboxylic acids is 1. The lowest BCUT2D eigenvalue weighted by Gasteiger charge is -2.35. The molecule has 1 saturated carbocycles.